The molecule has 0 aliphatic carbocycles. The molecule has 3 heterocycles. The van der Waals surface area contributed by atoms with Crippen molar-refractivity contribution in [3.8, 4) is 5.69 Å². The van der Waals surface area contributed by atoms with E-state index in [1.807, 2.05) is 42.2 Å². The molecule has 1 aromatic heterocycles. The first-order chi connectivity index (χ1) is 19.3. The minimum Gasteiger partial charge on any atom is -0.383 e. The van der Waals surface area contributed by atoms with Crippen molar-refractivity contribution in [2.45, 2.75) is 19.1 Å². The number of carbonyl (C=O) groups excluding carboxylic acids is 2. The summed E-state index contributed by atoms with van der Waals surface area (Å²) in [7, 11) is 3.40. The van der Waals surface area contributed by atoms with E-state index in [-0.39, 0.29) is 18.3 Å². The smallest absolute Gasteiger partial charge is 0.320 e. The highest BCUT2D eigenvalue weighted by Crippen LogP contribution is 2.32. The molecule has 0 unspecified atom stereocenters. The lowest BCUT2D eigenvalue weighted by molar-refractivity contribution is -0.154. The maximum atomic E-state index is 13.6. The zero-order valence-corrected chi connectivity index (χ0v) is 22.8. The molecule has 0 spiro atoms. The molecule has 5 rings (SSSR count). The third-order valence-electron chi connectivity index (χ3n) is 7.17. The number of aromatic nitrogens is 2. The van der Waals surface area contributed by atoms with Gasteiger partial charge in [-0.25, -0.2) is 13.9 Å². The maximum Gasteiger partial charge on any atom is 0.320 e. The Labute approximate surface area is 232 Å². The number of carbonyl (C=O) groups is 2. The Morgan fingerprint density at radius 2 is 1.90 bits per heavy atom. The highest BCUT2D eigenvalue weighted by Gasteiger charge is 2.37. The SMILES string of the molecule is COCCN1C[C@@H](NC(=O)Nc2c(C)c(N3CCN(C)C(=O)C3)nn2-c2ccccc2)[C@H](c2ccc(F)cc2)O1. The average molecular weight is 552 g/mol. The molecule has 0 bridgehead atoms. The molecule has 3 amide bonds. The monoisotopic (exact) mass is 551 g/mol. The summed E-state index contributed by atoms with van der Waals surface area (Å²) >= 11 is 0. The first kappa shape index (κ1) is 27.6. The van der Waals surface area contributed by atoms with E-state index in [1.54, 1.807) is 40.9 Å². The minimum absolute atomic E-state index is 0.0123. The van der Waals surface area contributed by atoms with Crippen LogP contribution < -0.4 is 15.5 Å². The predicted molar refractivity (Wildman–Crippen MR) is 148 cm³/mol. The number of amides is 3. The third-order valence-corrected chi connectivity index (χ3v) is 7.17. The number of ether oxygens (including phenoxy) is 1. The van der Waals surface area contributed by atoms with Crippen LogP contribution in [0.5, 0.6) is 0 Å². The molecule has 2 atom stereocenters. The molecular weight excluding hydrogens is 517 g/mol. The van der Waals surface area contributed by atoms with Gasteiger partial charge in [0.15, 0.2) is 5.82 Å². The number of nitrogens with zero attached hydrogens (tertiary/aromatic N) is 5. The van der Waals surface area contributed by atoms with Crippen LogP contribution >= 0.6 is 0 Å². The first-order valence-electron chi connectivity index (χ1n) is 13.2. The van der Waals surface area contributed by atoms with Crippen LogP contribution in [0.4, 0.5) is 20.8 Å². The van der Waals surface area contributed by atoms with Gasteiger partial charge in [-0.2, -0.15) is 5.06 Å². The molecule has 3 aromatic rings. The van der Waals surface area contributed by atoms with E-state index < -0.39 is 18.2 Å². The number of nitrogens with one attached hydrogen (secondary N) is 2. The fourth-order valence-corrected chi connectivity index (χ4v) is 4.94. The van der Waals surface area contributed by atoms with Crippen molar-refractivity contribution in [1.82, 2.24) is 25.1 Å². The first-order valence-corrected chi connectivity index (χ1v) is 13.2. The van der Waals surface area contributed by atoms with Crippen molar-refractivity contribution in [3.63, 3.8) is 0 Å². The lowest BCUT2D eigenvalue weighted by Gasteiger charge is -2.32. The van der Waals surface area contributed by atoms with Crippen LogP contribution in [0.3, 0.4) is 0 Å². The van der Waals surface area contributed by atoms with Gasteiger partial charge in [0.1, 0.15) is 17.7 Å². The van der Waals surface area contributed by atoms with E-state index in [2.05, 4.69) is 10.6 Å². The van der Waals surface area contributed by atoms with Gasteiger partial charge < -0.3 is 19.9 Å². The molecule has 2 aliphatic rings. The summed E-state index contributed by atoms with van der Waals surface area (Å²) in [5.41, 5.74) is 2.27. The molecule has 212 valence electrons. The summed E-state index contributed by atoms with van der Waals surface area (Å²) in [6.07, 6.45) is -0.504. The normalized spacial score (nSPS) is 19.8. The van der Waals surface area contributed by atoms with Gasteiger partial charge in [0.25, 0.3) is 0 Å². The molecule has 2 aromatic carbocycles. The number of piperazine rings is 1. The second-order valence-electron chi connectivity index (χ2n) is 9.94. The number of anilines is 2. The number of likely N-dealkylation sites (N-methyl/N-ethyl adjacent to an activating group) is 1. The van der Waals surface area contributed by atoms with E-state index in [0.29, 0.717) is 44.4 Å². The Balaban J connectivity index is 1.39. The lowest BCUT2D eigenvalue weighted by Crippen LogP contribution is -2.49. The summed E-state index contributed by atoms with van der Waals surface area (Å²) in [5.74, 6) is 0.805. The number of hydroxylamine groups is 2. The quantitative estimate of drug-likeness (QED) is 0.444. The molecule has 0 saturated carbocycles. The molecule has 2 aliphatic heterocycles. The van der Waals surface area contributed by atoms with Crippen LogP contribution in [0.15, 0.2) is 54.6 Å². The summed E-state index contributed by atoms with van der Waals surface area (Å²) in [5, 5.41) is 12.6. The Morgan fingerprint density at radius 1 is 1.15 bits per heavy atom. The number of methoxy groups -OCH3 is 1. The summed E-state index contributed by atoms with van der Waals surface area (Å²) in [4.78, 5) is 35.6. The van der Waals surface area contributed by atoms with Crippen LogP contribution in [-0.4, -0.2) is 91.2 Å². The van der Waals surface area contributed by atoms with Crippen LogP contribution in [0.2, 0.25) is 0 Å². The Bertz CT molecular complexity index is 1330. The fraction of sp³-hybridized carbons (Fsp3) is 0.393. The molecule has 2 saturated heterocycles. The van der Waals surface area contributed by atoms with Gasteiger partial charge in [-0.15, -0.1) is 5.10 Å². The molecule has 2 fully saturated rings. The van der Waals surface area contributed by atoms with Crippen molar-refractivity contribution in [2.75, 3.05) is 63.7 Å². The van der Waals surface area contributed by atoms with Crippen LogP contribution in [0.1, 0.15) is 17.2 Å². The van der Waals surface area contributed by atoms with Gasteiger partial charge in [-0.3, -0.25) is 14.9 Å². The zero-order chi connectivity index (χ0) is 28.2. The summed E-state index contributed by atoms with van der Waals surface area (Å²) in [6.45, 7) is 4.72. The van der Waals surface area contributed by atoms with Crippen LogP contribution in [0.25, 0.3) is 5.69 Å². The number of para-hydroxylation sites is 1. The molecule has 0 radical (unpaired) electrons. The lowest BCUT2D eigenvalue weighted by atomic mass is 10.0. The van der Waals surface area contributed by atoms with Gasteiger partial charge >= 0.3 is 6.03 Å². The number of rotatable bonds is 8. The summed E-state index contributed by atoms with van der Waals surface area (Å²) in [6, 6.07) is 14.7. The summed E-state index contributed by atoms with van der Waals surface area (Å²) < 4.78 is 20.4. The topological polar surface area (TPSA) is 104 Å². The standard InChI is InChI=1S/C28H34FN7O4/c1-19-26(36(22-7-5-4-6-8-22)32-27(19)34-14-13-33(2)24(37)18-34)31-28(38)30-23-17-35(15-16-39-3)40-25(23)20-9-11-21(29)12-10-20/h4-12,23,25H,13-18H2,1-3H3,(H2,30,31,38)/t23-,25+/m1/s1. The number of benzene rings is 2. The molecule has 40 heavy (non-hydrogen) atoms. The van der Waals surface area contributed by atoms with E-state index in [4.69, 9.17) is 14.7 Å². The van der Waals surface area contributed by atoms with Crippen LogP contribution in [-0.2, 0) is 14.4 Å². The van der Waals surface area contributed by atoms with E-state index in [9.17, 15) is 14.0 Å². The van der Waals surface area contributed by atoms with Crippen molar-refractivity contribution < 1.29 is 23.6 Å². The predicted octanol–water partition coefficient (Wildman–Crippen LogP) is 2.72. The fourth-order valence-electron chi connectivity index (χ4n) is 4.94. The second kappa shape index (κ2) is 12.0. The number of hydrogen-bond acceptors (Lipinski definition) is 7. The van der Waals surface area contributed by atoms with Crippen molar-refractivity contribution in [3.05, 3.63) is 71.5 Å². The van der Waals surface area contributed by atoms with Crippen LogP contribution in [0, 0.1) is 12.7 Å². The van der Waals surface area contributed by atoms with Gasteiger partial charge in [-0.1, -0.05) is 30.3 Å². The van der Waals surface area contributed by atoms with Gasteiger partial charge in [0, 0.05) is 45.9 Å². The van der Waals surface area contributed by atoms with Gasteiger partial charge in [0.05, 0.1) is 24.9 Å². The second-order valence-corrected chi connectivity index (χ2v) is 9.94. The molecule has 12 heteroatoms. The van der Waals surface area contributed by atoms with E-state index >= 15 is 0 Å². The highest BCUT2D eigenvalue weighted by molar-refractivity contribution is 5.91. The highest BCUT2D eigenvalue weighted by atomic mass is 19.1. The maximum absolute atomic E-state index is 13.6. The van der Waals surface area contributed by atoms with Crippen molar-refractivity contribution in [2.24, 2.45) is 0 Å². The number of urea groups is 1. The van der Waals surface area contributed by atoms with E-state index in [0.717, 1.165) is 16.8 Å². The van der Waals surface area contributed by atoms with E-state index in [1.165, 1.54) is 12.1 Å². The molecule has 2 N–H and O–H groups in total. The molecular formula is C28H34FN7O4. The Hall–Kier alpha value is -4.00. The average Bonchev–Trinajstić information content (AvgIpc) is 3.50. The largest absolute Gasteiger partial charge is 0.383 e. The Morgan fingerprint density at radius 3 is 2.60 bits per heavy atom. The Kier molecular flexibility index (Phi) is 8.29. The van der Waals surface area contributed by atoms with Gasteiger partial charge in [0.2, 0.25) is 5.91 Å². The van der Waals surface area contributed by atoms with Crippen molar-refractivity contribution in [1.29, 1.82) is 0 Å². The minimum atomic E-state index is -0.504. The number of halogens is 1. The third kappa shape index (κ3) is 5.93. The number of hydrogen-bond donors (Lipinski definition) is 2. The van der Waals surface area contributed by atoms with Gasteiger partial charge in [-0.05, 0) is 36.8 Å². The van der Waals surface area contributed by atoms with Crippen molar-refractivity contribution >= 4 is 23.6 Å². The zero-order valence-electron chi connectivity index (χ0n) is 22.8. The molecule has 11 nitrogen and oxygen atoms in total.